The molecule has 8 heteroatoms. The molecule has 0 radical (unpaired) electrons. The number of aromatic nitrogens is 1. The number of benzene rings is 2. The number of carbonyl (C=O) groups excluding carboxylic acids is 1. The van der Waals surface area contributed by atoms with Crippen molar-refractivity contribution in [3.05, 3.63) is 53.6 Å². The third-order valence-corrected chi connectivity index (χ3v) is 7.25. The Labute approximate surface area is 203 Å². The van der Waals surface area contributed by atoms with Gasteiger partial charge < -0.3 is 15.2 Å². The van der Waals surface area contributed by atoms with Gasteiger partial charge in [0.2, 0.25) is 5.91 Å². The van der Waals surface area contributed by atoms with Gasteiger partial charge in [-0.3, -0.25) is 9.69 Å². The average molecular weight is 488 g/mol. The number of likely N-dealkylation sites (tertiary alicyclic amines) is 1. The molecule has 1 amide bonds. The Kier molecular flexibility index (Phi) is 7.86. The maximum atomic E-state index is 12.7. The first-order valence-corrected chi connectivity index (χ1v) is 12.7. The van der Waals surface area contributed by atoms with Gasteiger partial charge in [0.1, 0.15) is 17.5 Å². The molecule has 0 unspecified atom stereocenters. The largest absolute Gasteiger partial charge is 0.486 e. The molecule has 1 aliphatic rings. The Morgan fingerprint density at radius 2 is 2.12 bits per heavy atom. The monoisotopic (exact) mass is 487 g/mol. The van der Waals surface area contributed by atoms with E-state index in [2.05, 4.69) is 17.2 Å². The Balaban J connectivity index is 1.40. The summed E-state index contributed by atoms with van der Waals surface area (Å²) in [7, 11) is 0. The second-order valence-corrected chi connectivity index (χ2v) is 10.1. The van der Waals surface area contributed by atoms with Gasteiger partial charge in [-0.25, -0.2) is 4.98 Å². The van der Waals surface area contributed by atoms with Gasteiger partial charge in [0, 0.05) is 18.1 Å². The van der Waals surface area contributed by atoms with Crippen molar-refractivity contribution in [1.29, 1.82) is 0 Å². The summed E-state index contributed by atoms with van der Waals surface area (Å²) in [4.78, 5) is 19.3. The first-order valence-electron chi connectivity index (χ1n) is 11.5. The maximum absolute atomic E-state index is 12.7. The van der Waals surface area contributed by atoms with Crippen molar-refractivity contribution in [1.82, 2.24) is 9.88 Å². The normalized spacial score (nSPS) is 21.2. The van der Waals surface area contributed by atoms with Gasteiger partial charge in [0.25, 0.3) is 0 Å². The summed E-state index contributed by atoms with van der Waals surface area (Å²) in [5.74, 6) is 0.603. The highest BCUT2D eigenvalue weighted by Crippen LogP contribution is 2.32. The first kappa shape index (κ1) is 24.0. The molecular weight excluding hydrogens is 458 g/mol. The predicted molar refractivity (Wildman–Crippen MR) is 134 cm³/mol. The number of para-hydroxylation sites is 1. The summed E-state index contributed by atoms with van der Waals surface area (Å²) in [5, 5.41) is 15.5. The highest BCUT2D eigenvalue weighted by atomic mass is 35.5. The van der Waals surface area contributed by atoms with E-state index in [0.29, 0.717) is 36.1 Å². The number of nitrogens with zero attached hydrogens (tertiary/aromatic N) is 2. The molecule has 0 spiro atoms. The van der Waals surface area contributed by atoms with Crippen molar-refractivity contribution < 1.29 is 14.6 Å². The maximum Gasteiger partial charge on any atom is 0.240 e. The van der Waals surface area contributed by atoms with E-state index in [4.69, 9.17) is 16.3 Å². The summed E-state index contributed by atoms with van der Waals surface area (Å²) < 4.78 is 7.17. The van der Waals surface area contributed by atoms with Crippen molar-refractivity contribution in [2.75, 3.05) is 25.0 Å². The van der Waals surface area contributed by atoms with Gasteiger partial charge in [0.15, 0.2) is 5.13 Å². The number of carbonyl (C=O) groups is 1. The molecule has 0 bridgehead atoms. The molecule has 2 atom stereocenters. The fraction of sp³-hybridized carbons (Fsp3) is 0.440. The minimum atomic E-state index is -0.899. The molecule has 1 fully saturated rings. The molecule has 176 valence electrons. The molecule has 0 saturated carbocycles. The van der Waals surface area contributed by atoms with Crippen molar-refractivity contribution >= 4 is 44.2 Å². The first-order chi connectivity index (χ1) is 15.9. The fourth-order valence-corrected chi connectivity index (χ4v) is 5.40. The number of nitrogens with one attached hydrogen (secondary N) is 1. The summed E-state index contributed by atoms with van der Waals surface area (Å²) in [6.45, 7) is 3.50. The molecule has 1 aromatic heterocycles. The molecule has 0 aliphatic carbocycles. The zero-order valence-corrected chi connectivity index (χ0v) is 20.4. The van der Waals surface area contributed by atoms with Crippen LogP contribution in [0.5, 0.6) is 5.75 Å². The number of fused-ring (bicyclic) bond motifs is 1. The van der Waals surface area contributed by atoms with E-state index in [0.717, 1.165) is 35.2 Å². The van der Waals surface area contributed by atoms with E-state index >= 15 is 0 Å². The zero-order valence-electron chi connectivity index (χ0n) is 18.8. The van der Waals surface area contributed by atoms with Crippen molar-refractivity contribution in [2.24, 2.45) is 0 Å². The lowest BCUT2D eigenvalue weighted by molar-refractivity contribution is -0.127. The second kappa shape index (κ2) is 10.8. The Morgan fingerprint density at radius 3 is 2.91 bits per heavy atom. The van der Waals surface area contributed by atoms with Crippen LogP contribution >= 0.6 is 22.9 Å². The van der Waals surface area contributed by atoms with Crippen molar-refractivity contribution in [2.45, 2.75) is 50.7 Å². The molecule has 4 rings (SSSR count). The van der Waals surface area contributed by atoms with Crippen LogP contribution in [0.1, 0.15) is 39.0 Å². The number of halogens is 1. The number of thiazole rings is 1. The summed E-state index contributed by atoms with van der Waals surface area (Å²) in [6, 6.07) is 15.1. The highest BCUT2D eigenvalue weighted by Gasteiger charge is 2.43. The van der Waals surface area contributed by atoms with Gasteiger partial charge in [-0.2, -0.15) is 0 Å². The van der Waals surface area contributed by atoms with Crippen molar-refractivity contribution in [3.63, 3.8) is 0 Å². The van der Waals surface area contributed by atoms with Crippen LogP contribution in [0, 0.1) is 0 Å². The van der Waals surface area contributed by atoms with Gasteiger partial charge in [-0.05, 0) is 43.2 Å². The van der Waals surface area contributed by atoms with E-state index in [1.165, 1.54) is 11.3 Å². The lowest BCUT2D eigenvalue weighted by atomic mass is 9.83. The van der Waals surface area contributed by atoms with Crippen LogP contribution in [0.2, 0.25) is 5.02 Å². The Bertz CT molecular complexity index is 1080. The van der Waals surface area contributed by atoms with Crippen LogP contribution < -0.4 is 10.1 Å². The number of anilines is 1. The Morgan fingerprint density at radius 1 is 1.30 bits per heavy atom. The lowest BCUT2D eigenvalue weighted by Crippen LogP contribution is -2.58. The van der Waals surface area contributed by atoms with E-state index in [-0.39, 0.29) is 12.5 Å². The van der Waals surface area contributed by atoms with Gasteiger partial charge in [0.05, 0.1) is 16.8 Å². The van der Waals surface area contributed by atoms with Crippen LogP contribution in [-0.2, 0) is 4.79 Å². The lowest BCUT2D eigenvalue weighted by Gasteiger charge is -2.44. The Hall–Kier alpha value is -2.19. The van der Waals surface area contributed by atoms with E-state index in [9.17, 15) is 9.90 Å². The number of unbranched alkanes of at least 4 members (excludes halogenated alkanes) is 2. The third-order valence-electron chi connectivity index (χ3n) is 6.08. The van der Waals surface area contributed by atoms with Gasteiger partial charge in [-0.15, -0.1) is 0 Å². The average Bonchev–Trinajstić information content (AvgIpc) is 3.18. The van der Waals surface area contributed by atoms with E-state index < -0.39 is 11.7 Å². The van der Waals surface area contributed by atoms with Crippen LogP contribution in [0.3, 0.4) is 0 Å². The minimum Gasteiger partial charge on any atom is -0.486 e. The molecular formula is C25H30ClN3O3S. The molecule has 2 N–H and O–H groups in total. The molecule has 3 aromatic rings. The van der Waals surface area contributed by atoms with Crippen LogP contribution in [0.4, 0.5) is 5.13 Å². The summed E-state index contributed by atoms with van der Waals surface area (Å²) in [5.41, 5.74) is -0.0873. The van der Waals surface area contributed by atoms with Crippen molar-refractivity contribution in [3.8, 4) is 5.75 Å². The van der Waals surface area contributed by atoms with Crippen LogP contribution in [0.15, 0.2) is 48.5 Å². The molecule has 2 aromatic carbocycles. The highest BCUT2D eigenvalue weighted by molar-refractivity contribution is 7.22. The standard InChI is InChI=1S/C25H30ClN3O3S/c1-2-3-7-12-25(31)13-14-29(16-22(25)32-19-8-5-4-6-9-19)17-23(30)28-24-27-20-11-10-18(26)15-21(20)33-24/h4-6,8-11,15,22,31H,2-3,7,12-14,16-17H2,1H3,(H,27,28,30)/t22-,25-/m0/s1. The number of hydrogen-bond donors (Lipinski definition) is 2. The second-order valence-electron chi connectivity index (χ2n) is 8.64. The SMILES string of the molecule is CCCCC[C@]1(O)CCN(CC(=O)Nc2nc3ccc(Cl)cc3s2)C[C@@H]1Oc1ccccc1. The van der Waals surface area contributed by atoms with Crippen LogP contribution in [0.25, 0.3) is 10.2 Å². The molecule has 1 aliphatic heterocycles. The summed E-state index contributed by atoms with van der Waals surface area (Å²) in [6.07, 6.45) is 4.02. The molecule has 2 heterocycles. The fourth-order valence-electron chi connectivity index (χ4n) is 4.24. The predicted octanol–water partition coefficient (Wildman–Crippen LogP) is 5.35. The minimum absolute atomic E-state index is 0.130. The number of hydrogen-bond acceptors (Lipinski definition) is 6. The summed E-state index contributed by atoms with van der Waals surface area (Å²) >= 11 is 7.45. The van der Waals surface area contributed by atoms with Gasteiger partial charge >= 0.3 is 0 Å². The third kappa shape index (κ3) is 6.23. The number of ether oxygens (including phenoxy) is 1. The number of aliphatic hydroxyl groups is 1. The molecule has 1 saturated heterocycles. The molecule has 6 nitrogen and oxygen atoms in total. The van der Waals surface area contributed by atoms with Crippen LogP contribution in [-0.4, -0.2) is 52.2 Å². The van der Waals surface area contributed by atoms with E-state index in [1.807, 2.05) is 47.4 Å². The topological polar surface area (TPSA) is 74.7 Å². The number of rotatable bonds is 9. The molecule has 33 heavy (non-hydrogen) atoms. The number of piperidine rings is 1. The smallest absolute Gasteiger partial charge is 0.240 e. The number of amides is 1. The van der Waals surface area contributed by atoms with E-state index in [1.54, 1.807) is 6.07 Å². The quantitative estimate of drug-likeness (QED) is 0.398. The van der Waals surface area contributed by atoms with Gasteiger partial charge in [-0.1, -0.05) is 67.3 Å². The zero-order chi connectivity index (χ0) is 23.3.